The highest BCUT2D eigenvalue weighted by Gasteiger charge is 2.30. The van der Waals surface area contributed by atoms with Crippen molar-refractivity contribution in [2.24, 2.45) is 0 Å². The van der Waals surface area contributed by atoms with Crippen LogP contribution in [0.15, 0.2) is 72.9 Å². The number of carbonyl (C=O) groups excluding carboxylic acids is 4. The van der Waals surface area contributed by atoms with Crippen LogP contribution in [0.5, 0.6) is 0 Å². The van der Waals surface area contributed by atoms with E-state index in [2.05, 4.69) is 101 Å². The predicted molar refractivity (Wildman–Crippen MR) is 400 cm³/mol. The zero-order chi connectivity index (χ0) is 71.8. The van der Waals surface area contributed by atoms with Crippen molar-refractivity contribution in [1.29, 1.82) is 0 Å². The lowest BCUT2D eigenvalue weighted by atomic mass is 10.1. The Kier molecular flexibility index (Phi) is 69.3. The molecule has 0 bridgehead atoms. The highest BCUT2D eigenvalue weighted by atomic mass is 31.2. The second kappa shape index (κ2) is 71.9. The summed E-state index contributed by atoms with van der Waals surface area (Å²) in [6, 6.07) is 0. The number of phosphoric acid groups is 2. The average Bonchev–Trinajstić information content (AvgIpc) is 0.982. The molecule has 3 N–H and O–H groups in total. The first kappa shape index (κ1) is 94.5. The molecule has 19 heteroatoms. The molecule has 0 heterocycles. The third-order valence-corrected chi connectivity index (χ3v) is 18.5. The van der Waals surface area contributed by atoms with Gasteiger partial charge in [-0.3, -0.25) is 37.3 Å². The lowest BCUT2D eigenvalue weighted by molar-refractivity contribution is -0.161. The predicted octanol–water partition coefficient (Wildman–Crippen LogP) is 22.4. The highest BCUT2D eigenvalue weighted by molar-refractivity contribution is 7.47. The van der Waals surface area contributed by atoms with Crippen LogP contribution in [0, 0.1) is 0 Å². The number of hydrogen-bond donors (Lipinski definition) is 3. The quantitative estimate of drug-likeness (QED) is 0.0169. The summed E-state index contributed by atoms with van der Waals surface area (Å²) in [5, 5.41) is 10.6. The molecule has 0 aromatic carbocycles. The van der Waals surface area contributed by atoms with Crippen molar-refractivity contribution in [3.05, 3.63) is 72.9 Å². The largest absolute Gasteiger partial charge is 0.472 e. The van der Waals surface area contributed by atoms with Gasteiger partial charge < -0.3 is 33.8 Å². The first-order valence-electron chi connectivity index (χ1n) is 39.2. The Morgan fingerprint density at radius 2 is 0.520 bits per heavy atom. The summed E-state index contributed by atoms with van der Waals surface area (Å²) in [5.41, 5.74) is 0. The van der Waals surface area contributed by atoms with Gasteiger partial charge in [0.2, 0.25) is 0 Å². The van der Waals surface area contributed by atoms with Crippen LogP contribution in [-0.4, -0.2) is 96.7 Å². The summed E-state index contributed by atoms with van der Waals surface area (Å²) in [4.78, 5) is 72.8. The molecular weight excluding hydrogens is 1280 g/mol. The fourth-order valence-corrected chi connectivity index (χ4v) is 12.2. The Hall–Kier alpha value is -3.50. The number of esters is 4. The molecule has 0 aromatic rings. The van der Waals surface area contributed by atoms with Gasteiger partial charge in [0.1, 0.15) is 19.3 Å². The van der Waals surface area contributed by atoms with Crippen molar-refractivity contribution in [2.45, 2.75) is 367 Å². The van der Waals surface area contributed by atoms with E-state index in [1.165, 1.54) is 96.3 Å². The van der Waals surface area contributed by atoms with Gasteiger partial charge in [-0.15, -0.1) is 0 Å². The number of allylic oxidation sites excluding steroid dienone is 12. The normalized spacial score (nSPS) is 14.3. The lowest BCUT2D eigenvalue weighted by Gasteiger charge is -2.21. The summed E-state index contributed by atoms with van der Waals surface area (Å²) < 4.78 is 68.5. The van der Waals surface area contributed by atoms with E-state index in [1.807, 2.05) is 0 Å². The number of unbranched alkanes of at least 4 members (excludes halogenated alkanes) is 36. The van der Waals surface area contributed by atoms with Crippen LogP contribution in [0.25, 0.3) is 0 Å². The molecule has 0 radical (unpaired) electrons. The molecule has 0 aliphatic rings. The minimum atomic E-state index is -4.97. The van der Waals surface area contributed by atoms with Gasteiger partial charge in [0.05, 0.1) is 26.4 Å². The fourth-order valence-electron chi connectivity index (χ4n) is 10.6. The molecule has 0 fully saturated rings. The maximum Gasteiger partial charge on any atom is 0.472 e. The van der Waals surface area contributed by atoms with Gasteiger partial charge in [-0.2, -0.15) is 0 Å². The second-order valence-electron chi connectivity index (χ2n) is 26.3. The molecule has 5 atom stereocenters. The molecule has 0 amide bonds. The van der Waals surface area contributed by atoms with Crippen molar-refractivity contribution in [3.8, 4) is 0 Å². The third-order valence-electron chi connectivity index (χ3n) is 16.6. The van der Waals surface area contributed by atoms with Gasteiger partial charge in [-0.25, -0.2) is 9.13 Å². The van der Waals surface area contributed by atoms with Crippen LogP contribution in [-0.2, 0) is 65.4 Å². The van der Waals surface area contributed by atoms with Gasteiger partial charge in [0.15, 0.2) is 12.2 Å². The summed E-state index contributed by atoms with van der Waals surface area (Å²) in [6.07, 6.45) is 71.7. The van der Waals surface area contributed by atoms with Gasteiger partial charge in [0, 0.05) is 25.7 Å². The Labute approximate surface area is 596 Å². The molecule has 0 aliphatic carbocycles. The molecule has 98 heavy (non-hydrogen) atoms. The topological polar surface area (TPSA) is 237 Å². The van der Waals surface area contributed by atoms with E-state index in [-0.39, 0.29) is 25.7 Å². The molecule has 570 valence electrons. The van der Waals surface area contributed by atoms with E-state index < -0.39 is 97.5 Å². The first-order valence-corrected chi connectivity index (χ1v) is 42.2. The smallest absolute Gasteiger partial charge is 0.462 e. The van der Waals surface area contributed by atoms with E-state index in [0.717, 1.165) is 173 Å². The summed E-state index contributed by atoms with van der Waals surface area (Å²) in [6.45, 7) is 4.77. The Balaban J connectivity index is 5.29. The monoisotopic (exact) mass is 1420 g/mol. The van der Waals surface area contributed by atoms with Gasteiger partial charge in [0.25, 0.3) is 0 Å². The summed E-state index contributed by atoms with van der Waals surface area (Å²) in [7, 11) is -9.94. The molecule has 17 nitrogen and oxygen atoms in total. The Bertz CT molecular complexity index is 2140. The van der Waals surface area contributed by atoms with Gasteiger partial charge >= 0.3 is 39.5 Å². The van der Waals surface area contributed by atoms with Gasteiger partial charge in [-0.1, -0.05) is 280 Å². The third kappa shape index (κ3) is 70.9. The number of phosphoric ester groups is 2. The first-order chi connectivity index (χ1) is 47.7. The minimum absolute atomic E-state index is 0.0799. The zero-order valence-corrected chi connectivity index (χ0v) is 64.0. The van der Waals surface area contributed by atoms with E-state index in [4.69, 9.17) is 37.0 Å². The van der Waals surface area contributed by atoms with Crippen molar-refractivity contribution in [1.82, 2.24) is 0 Å². The Morgan fingerprint density at radius 1 is 0.286 bits per heavy atom. The maximum atomic E-state index is 13.1. The summed E-state index contributed by atoms with van der Waals surface area (Å²) >= 11 is 0. The second-order valence-corrected chi connectivity index (χ2v) is 29.2. The number of rotatable bonds is 74. The van der Waals surface area contributed by atoms with Crippen molar-refractivity contribution in [3.63, 3.8) is 0 Å². The van der Waals surface area contributed by atoms with Crippen molar-refractivity contribution in [2.75, 3.05) is 39.6 Å². The van der Waals surface area contributed by atoms with Crippen LogP contribution in [0.3, 0.4) is 0 Å². The number of carbonyl (C=O) groups is 4. The minimum Gasteiger partial charge on any atom is -0.462 e. The molecule has 0 rings (SSSR count). The molecule has 5 unspecified atom stereocenters. The SMILES string of the molecule is CCC/C=C\C/C=C\CCCCCCCC(=O)OC(COC(=O)CCCCCCC/C=C\CCCCCCCC)COP(=O)(O)OCC(O)COP(=O)(O)OCC(COC(=O)CCCCCCCC/C=C\C/C=C\C/C=C\CCCCC)OC(=O)CCCCCCCCCCCCC. The summed E-state index contributed by atoms with van der Waals surface area (Å²) in [5.74, 6) is -2.19. The van der Waals surface area contributed by atoms with Crippen LogP contribution in [0.2, 0.25) is 0 Å². The standard InChI is InChI=1S/C79H142O17P2/c1-5-9-13-17-21-25-29-32-34-35-36-37-39-42-45-48-52-56-60-64-77(82)89-69-74(95-78(83)65-61-57-53-49-43-28-24-20-16-12-8-4)71-93-97(85,86)91-67-73(80)68-92-98(87,88)94-72-75(96-79(84)66-62-58-54-50-46-40-31-27-23-19-15-11-7-3)70-90-76(81)63-59-55-51-47-44-41-38-33-30-26-22-18-14-10-6-2/h15,19,21,25,27,31-34,36-38,73-75,80H,5-14,16-18,20,22-24,26,28-30,35,39-72H2,1-4H3,(H,85,86)(H,87,88)/b19-15-,25-21-,31-27-,34-32-,37-36-,38-33-. The van der Waals surface area contributed by atoms with E-state index >= 15 is 0 Å². The molecular formula is C79H142O17P2. The molecule has 0 saturated carbocycles. The number of hydrogen-bond acceptors (Lipinski definition) is 15. The fraction of sp³-hybridized carbons (Fsp3) is 0.797. The zero-order valence-electron chi connectivity index (χ0n) is 62.2. The molecule has 0 aromatic heterocycles. The Morgan fingerprint density at radius 3 is 0.837 bits per heavy atom. The van der Waals surface area contributed by atoms with Crippen LogP contribution >= 0.6 is 15.6 Å². The number of ether oxygens (including phenoxy) is 4. The van der Waals surface area contributed by atoms with Gasteiger partial charge in [-0.05, 0) is 116 Å². The van der Waals surface area contributed by atoms with E-state index in [0.29, 0.717) is 25.7 Å². The van der Waals surface area contributed by atoms with Crippen LogP contribution in [0.1, 0.15) is 349 Å². The maximum absolute atomic E-state index is 13.1. The lowest BCUT2D eigenvalue weighted by Crippen LogP contribution is -2.30. The number of aliphatic hydroxyl groups excluding tert-OH is 1. The van der Waals surface area contributed by atoms with Crippen LogP contribution in [0.4, 0.5) is 0 Å². The number of aliphatic hydroxyl groups is 1. The van der Waals surface area contributed by atoms with E-state index in [9.17, 15) is 43.2 Å². The van der Waals surface area contributed by atoms with Crippen LogP contribution < -0.4 is 0 Å². The van der Waals surface area contributed by atoms with E-state index in [1.54, 1.807) is 0 Å². The highest BCUT2D eigenvalue weighted by Crippen LogP contribution is 2.45. The van der Waals surface area contributed by atoms with Crippen molar-refractivity contribution >= 4 is 39.5 Å². The average molecular weight is 1430 g/mol. The molecule has 0 spiro atoms. The molecule has 0 saturated heterocycles. The van der Waals surface area contributed by atoms with Crippen molar-refractivity contribution < 1.29 is 80.2 Å². The molecule has 0 aliphatic heterocycles.